The molecule has 0 saturated carbocycles. The first-order valence-electron chi connectivity index (χ1n) is 4.54. The molecule has 1 unspecified atom stereocenters. The van der Waals surface area contributed by atoms with E-state index in [-0.39, 0.29) is 6.04 Å². The molecule has 0 fully saturated rings. The largest absolute Gasteiger partial charge is 0.385 e. The second kappa shape index (κ2) is 5.44. The summed E-state index contributed by atoms with van der Waals surface area (Å²) in [5, 5.41) is 4.36. The number of nitrogens with two attached hydrogens (primary N) is 1. The first kappa shape index (κ1) is 11.6. The Morgan fingerprint density at radius 3 is 2.64 bits per heavy atom. The van der Waals surface area contributed by atoms with Crippen molar-refractivity contribution in [3.05, 3.63) is 28.2 Å². The summed E-state index contributed by atoms with van der Waals surface area (Å²) in [7, 11) is 0. The molecule has 0 heterocycles. The molecule has 78 valence electrons. The summed E-state index contributed by atoms with van der Waals surface area (Å²) in [6, 6.07) is 5.70. The lowest BCUT2D eigenvalue weighted by Crippen LogP contribution is -2.19. The third-order valence-electron chi connectivity index (χ3n) is 1.85. The number of hydrogen-bond acceptors (Lipinski definition) is 2. The lowest BCUT2D eigenvalue weighted by Gasteiger charge is -2.08. The molecule has 0 aliphatic rings. The van der Waals surface area contributed by atoms with Crippen LogP contribution in [0, 0.1) is 0 Å². The Morgan fingerprint density at radius 1 is 1.36 bits per heavy atom. The molecule has 0 aromatic heterocycles. The van der Waals surface area contributed by atoms with Crippen molar-refractivity contribution in [2.75, 3.05) is 11.9 Å². The molecular weight excluding hydrogens is 219 g/mol. The normalized spacial score (nSPS) is 12.6. The van der Waals surface area contributed by atoms with Gasteiger partial charge in [-0.05, 0) is 31.5 Å². The smallest absolute Gasteiger partial charge is 0.0612 e. The van der Waals surface area contributed by atoms with Gasteiger partial charge in [0.05, 0.1) is 10.0 Å². The number of nitrogens with one attached hydrogen (secondary N) is 1. The van der Waals surface area contributed by atoms with Crippen molar-refractivity contribution in [3.63, 3.8) is 0 Å². The first-order chi connectivity index (χ1) is 6.59. The maximum atomic E-state index is 5.86. The highest BCUT2D eigenvalue weighted by molar-refractivity contribution is 6.42. The number of rotatable bonds is 4. The lowest BCUT2D eigenvalue weighted by molar-refractivity contribution is 0.690. The quantitative estimate of drug-likeness (QED) is 0.838. The van der Waals surface area contributed by atoms with E-state index in [1.54, 1.807) is 6.07 Å². The summed E-state index contributed by atoms with van der Waals surface area (Å²) < 4.78 is 0. The Labute approximate surface area is 94.4 Å². The van der Waals surface area contributed by atoms with E-state index >= 15 is 0 Å². The zero-order valence-electron chi connectivity index (χ0n) is 8.06. The summed E-state index contributed by atoms with van der Waals surface area (Å²) in [5.41, 5.74) is 6.60. The molecule has 1 atom stereocenters. The molecular formula is C10H14Cl2N2. The molecule has 0 bridgehead atoms. The van der Waals surface area contributed by atoms with Crippen LogP contribution in [0.1, 0.15) is 13.3 Å². The van der Waals surface area contributed by atoms with Crippen LogP contribution in [0.25, 0.3) is 0 Å². The molecule has 0 spiro atoms. The fourth-order valence-corrected chi connectivity index (χ4v) is 1.35. The van der Waals surface area contributed by atoms with Crippen LogP contribution in [0.5, 0.6) is 0 Å². The molecule has 0 saturated heterocycles. The second-order valence-electron chi connectivity index (χ2n) is 3.32. The van der Waals surface area contributed by atoms with Crippen molar-refractivity contribution >= 4 is 28.9 Å². The average molecular weight is 233 g/mol. The van der Waals surface area contributed by atoms with Crippen molar-refractivity contribution in [2.24, 2.45) is 5.73 Å². The van der Waals surface area contributed by atoms with E-state index in [9.17, 15) is 0 Å². The summed E-state index contributed by atoms with van der Waals surface area (Å²) in [4.78, 5) is 0. The number of anilines is 1. The molecule has 0 aliphatic heterocycles. The molecule has 0 radical (unpaired) electrons. The first-order valence-corrected chi connectivity index (χ1v) is 5.29. The lowest BCUT2D eigenvalue weighted by atomic mass is 10.2. The van der Waals surface area contributed by atoms with Crippen LogP contribution >= 0.6 is 23.2 Å². The van der Waals surface area contributed by atoms with E-state index in [0.29, 0.717) is 10.0 Å². The van der Waals surface area contributed by atoms with Crippen LogP contribution in [-0.2, 0) is 0 Å². The number of hydrogen-bond donors (Lipinski definition) is 2. The van der Waals surface area contributed by atoms with E-state index in [4.69, 9.17) is 28.9 Å². The topological polar surface area (TPSA) is 38.0 Å². The summed E-state index contributed by atoms with van der Waals surface area (Å²) in [6.07, 6.45) is 0.931. The molecule has 1 rings (SSSR count). The average Bonchev–Trinajstić information content (AvgIpc) is 2.10. The van der Waals surface area contributed by atoms with Crippen LogP contribution in [0.2, 0.25) is 10.0 Å². The Morgan fingerprint density at radius 2 is 2.07 bits per heavy atom. The Hall–Kier alpha value is -0.440. The van der Waals surface area contributed by atoms with E-state index in [1.807, 2.05) is 19.1 Å². The van der Waals surface area contributed by atoms with Crippen LogP contribution in [0.4, 0.5) is 5.69 Å². The van der Waals surface area contributed by atoms with Crippen LogP contribution in [-0.4, -0.2) is 12.6 Å². The van der Waals surface area contributed by atoms with Crippen molar-refractivity contribution in [2.45, 2.75) is 19.4 Å². The highest BCUT2D eigenvalue weighted by Gasteiger charge is 1.99. The molecule has 1 aromatic carbocycles. The van der Waals surface area contributed by atoms with Crippen molar-refractivity contribution in [3.8, 4) is 0 Å². The third-order valence-corrected chi connectivity index (χ3v) is 2.59. The van der Waals surface area contributed by atoms with Gasteiger partial charge in [-0.15, -0.1) is 0 Å². The van der Waals surface area contributed by atoms with Crippen LogP contribution < -0.4 is 11.1 Å². The molecule has 0 amide bonds. The van der Waals surface area contributed by atoms with Gasteiger partial charge in [-0.25, -0.2) is 0 Å². The van der Waals surface area contributed by atoms with Gasteiger partial charge in [-0.3, -0.25) is 0 Å². The van der Waals surface area contributed by atoms with Crippen molar-refractivity contribution in [1.82, 2.24) is 0 Å². The van der Waals surface area contributed by atoms with Gasteiger partial charge in [0.1, 0.15) is 0 Å². The Balaban J connectivity index is 2.47. The predicted molar refractivity (Wildman–Crippen MR) is 63.2 cm³/mol. The minimum atomic E-state index is 0.213. The van der Waals surface area contributed by atoms with Crippen molar-refractivity contribution in [1.29, 1.82) is 0 Å². The highest BCUT2D eigenvalue weighted by atomic mass is 35.5. The van der Waals surface area contributed by atoms with Gasteiger partial charge in [0.15, 0.2) is 0 Å². The Kier molecular flexibility index (Phi) is 4.52. The minimum absolute atomic E-state index is 0.213. The van der Waals surface area contributed by atoms with Gasteiger partial charge in [0.2, 0.25) is 0 Å². The SMILES string of the molecule is CC(N)CCNc1ccc(Cl)c(Cl)c1. The zero-order chi connectivity index (χ0) is 10.6. The van der Waals surface area contributed by atoms with Crippen LogP contribution in [0.3, 0.4) is 0 Å². The molecule has 4 heteroatoms. The zero-order valence-corrected chi connectivity index (χ0v) is 9.57. The monoisotopic (exact) mass is 232 g/mol. The number of benzene rings is 1. The van der Waals surface area contributed by atoms with E-state index in [0.717, 1.165) is 18.7 Å². The van der Waals surface area contributed by atoms with Crippen molar-refractivity contribution < 1.29 is 0 Å². The molecule has 3 N–H and O–H groups in total. The van der Waals surface area contributed by atoms with E-state index in [1.165, 1.54) is 0 Å². The molecule has 2 nitrogen and oxygen atoms in total. The van der Waals surface area contributed by atoms with Gasteiger partial charge in [0, 0.05) is 18.3 Å². The van der Waals surface area contributed by atoms with Gasteiger partial charge in [-0.1, -0.05) is 23.2 Å². The maximum absolute atomic E-state index is 5.86. The van der Waals surface area contributed by atoms with Gasteiger partial charge in [-0.2, -0.15) is 0 Å². The number of halogens is 2. The summed E-state index contributed by atoms with van der Waals surface area (Å²) >= 11 is 11.6. The van der Waals surface area contributed by atoms with Gasteiger partial charge < -0.3 is 11.1 Å². The molecule has 0 aliphatic carbocycles. The van der Waals surface area contributed by atoms with E-state index < -0.39 is 0 Å². The summed E-state index contributed by atoms with van der Waals surface area (Å²) in [5.74, 6) is 0. The van der Waals surface area contributed by atoms with Gasteiger partial charge in [0.25, 0.3) is 0 Å². The van der Waals surface area contributed by atoms with Gasteiger partial charge >= 0.3 is 0 Å². The van der Waals surface area contributed by atoms with E-state index in [2.05, 4.69) is 5.32 Å². The molecule has 1 aromatic rings. The predicted octanol–water partition coefficient (Wildman–Crippen LogP) is 3.14. The highest BCUT2D eigenvalue weighted by Crippen LogP contribution is 2.24. The standard InChI is InChI=1S/C10H14Cl2N2/c1-7(13)4-5-14-8-2-3-9(11)10(12)6-8/h2-3,6-7,14H,4-5,13H2,1H3. The fourth-order valence-electron chi connectivity index (χ4n) is 1.05. The third kappa shape index (κ3) is 3.74. The fraction of sp³-hybridized carbons (Fsp3) is 0.400. The second-order valence-corrected chi connectivity index (χ2v) is 4.14. The van der Waals surface area contributed by atoms with Crippen LogP contribution in [0.15, 0.2) is 18.2 Å². The summed E-state index contributed by atoms with van der Waals surface area (Å²) in [6.45, 7) is 2.83. The maximum Gasteiger partial charge on any atom is 0.0612 e. The molecule has 14 heavy (non-hydrogen) atoms. The Bertz CT molecular complexity index is 300. The minimum Gasteiger partial charge on any atom is -0.385 e.